The Morgan fingerprint density at radius 1 is 1.45 bits per heavy atom. The Labute approximate surface area is 125 Å². The van der Waals surface area contributed by atoms with Gasteiger partial charge in [0.2, 0.25) is 0 Å². The fraction of sp³-hybridized carbons (Fsp3) is 0.571. The first-order valence-corrected chi connectivity index (χ1v) is 7.19. The standard InChI is InChI=1S/C14H23ClN4O/c1-10(2)19(3)7-5-4-6-17-14(20)11-8-12(15)18-13(16)9-11/h8-10H,4-7H2,1-3H3,(H2,16,18)(H,17,20). The molecule has 1 heterocycles. The largest absolute Gasteiger partial charge is 0.384 e. The molecule has 0 saturated heterocycles. The Balaban J connectivity index is 2.30. The number of amides is 1. The van der Waals surface area contributed by atoms with Gasteiger partial charge in [0.05, 0.1) is 0 Å². The lowest BCUT2D eigenvalue weighted by Crippen LogP contribution is -2.29. The summed E-state index contributed by atoms with van der Waals surface area (Å²) in [6, 6.07) is 3.58. The normalized spacial score (nSPS) is 11.1. The minimum absolute atomic E-state index is 0.168. The molecule has 0 aliphatic rings. The average molecular weight is 299 g/mol. The molecule has 0 spiro atoms. The number of anilines is 1. The second-order valence-corrected chi connectivity index (χ2v) is 5.53. The van der Waals surface area contributed by atoms with Crippen molar-refractivity contribution in [3.8, 4) is 0 Å². The molecule has 0 atom stereocenters. The SMILES string of the molecule is CC(C)N(C)CCCCNC(=O)c1cc(N)nc(Cl)c1. The summed E-state index contributed by atoms with van der Waals surface area (Å²) in [5, 5.41) is 3.09. The van der Waals surface area contributed by atoms with E-state index in [-0.39, 0.29) is 16.9 Å². The van der Waals surface area contributed by atoms with Crippen LogP contribution in [0, 0.1) is 0 Å². The quantitative estimate of drug-likeness (QED) is 0.598. The van der Waals surface area contributed by atoms with Crippen molar-refractivity contribution in [2.75, 3.05) is 25.9 Å². The van der Waals surface area contributed by atoms with Crippen LogP contribution in [0.2, 0.25) is 5.15 Å². The zero-order chi connectivity index (χ0) is 15.1. The van der Waals surface area contributed by atoms with E-state index in [9.17, 15) is 4.79 Å². The molecular formula is C14H23ClN4O. The molecular weight excluding hydrogens is 276 g/mol. The molecule has 0 saturated carbocycles. The maximum Gasteiger partial charge on any atom is 0.251 e. The Kier molecular flexibility index (Phi) is 6.75. The Hall–Kier alpha value is -1.33. The Morgan fingerprint density at radius 2 is 2.15 bits per heavy atom. The summed E-state index contributed by atoms with van der Waals surface area (Å²) in [6.45, 7) is 6.00. The van der Waals surface area contributed by atoms with Crippen molar-refractivity contribution in [2.45, 2.75) is 32.7 Å². The van der Waals surface area contributed by atoms with Gasteiger partial charge in [-0.2, -0.15) is 0 Å². The van der Waals surface area contributed by atoms with E-state index in [0.717, 1.165) is 19.4 Å². The second-order valence-electron chi connectivity index (χ2n) is 5.14. The first-order valence-electron chi connectivity index (χ1n) is 6.81. The highest BCUT2D eigenvalue weighted by atomic mass is 35.5. The second kappa shape index (κ2) is 8.07. The van der Waals surface area contributed by atoms with Crippen molar-refractivity contribution < 1.29 is 4.79 Å². The maximum absolute atomic E-state index is 11.9. The summed E-state index contributed by atoms with van der Waals surface area (Å²) in [4.78, 5) is 18.0. The van der Waals surface area contributed by atoms with Gasteiger partial charge in [-0.25, -0.2) is 4.98 Å². The van der Waals surface area contributed by atoms with Gasteiger partial charge in [0.1, 0.15) is 11.0 Å². The molecule has 1 aromatic rings. The van der Waals surface area contributed by atoms with Gasteiger partial charge in [-0.15, -0.1) is 0 Å². The lowest BCUT2D eigenvalue weighted by atomic mass is 10.2. The van der Waals surface area contributed by atoms with Gasteiger partial charge in [0.15, 0.2) is 0 Å². The molecule has 3 N–H and O–H groups in total. The van der Waals surface area contributed by atoms with Crippen LogP contribution in [0.15, 0.2) is 12.1 Å². The van der Waals surface area contributed by atoms with Crippen molar-refractivity contribution in [3.63, 3.8) is 0 Å². The number of nitrogens with zero attached hydrogens (tertiary/aromatic N) is 2. The molecule has 0 aliphatic heterocycles. The van der Waals surface area contributed by atoms with E-state index in [1.54, 1.807) is 0 Å². The summed E-state index contributed by atoms with van der Waals surface area (Å²) >= 11 is 5.77. The number of nitrogen functional groups attached to an aromatic ring is 1. The minimum atomic E-state index is -0.168. The smallest absolute Gasteiger partial charge is 0.251 e. The van der Waals surface area contributed by atoms with E-state index in [1.165, 1.54) is 12.1 Å². The number of pyridine rings is 1. The monoisotopic (exact) mass is 298 g/mol. The van der Waals surface area contributed by atoms with Crippen molar-refractivity contribution in [1.29, 1.82) is 0 Å². The number of nitrogens with one attached hydrogen (secondary N) is 1. The molecule has 0 aromatic carbocycles. The minimum Gasteiger partial charge on any atom is -0.384 e. The number of rotatable bonds is 7. The molecule has 0 bridgehead atoms. The van der Waals surface area contributed by atoms with Gasteiger partial charge in [-0.3, -0.25) is 4.79 Å². The van der Waals surface area contributed by atoms with Gasteiger partial charge in [0, 0.05) is 18.2 Å². The Bertz CT molecular complexity index is 431. The third kappa shape index (κ3) is 5.75. The number of unbranched alkanes of at least 4 members (excludes halogenated alkanes) is 1. The summed E-state index contributed by atoms with van der Waals surface area (Å²) in [7, 11) is 2.10. The van der Waals surface area contributed by atoms with Crippen LogP contribution in [0.25, 0.3) is 0 Å². The molecule has 20 heavy (non-hydrogen) atoms. The highest BCUT2D eigenvalue weighted by molar-refractivity contribution is 6.29. The van der Waals surface area contributed by atoms with E-state index in [0.29, 0.717) is 18.2 Å². The molecule has 5 nitrogen and oxygen atoms in total. The van der Waals surface area contributed by atoms with Crippen LogP contribution in [0.4, 0.5) is 5.82 Å². The van der Waals surface area contributed by atoms with Crippen LogP contribution in [-0.2, 0) is 0 Å². The van der Waals surface area contributed by atoms with Crippen molar-refractivity contribution >= 4 is 23.3 Å². The molecule has 1 rings (SSSR count). The highest BCUT2D eigenvalue weighted by Gasteiger charge is 2.08. The van der Waals surface area contributed by atoms with Crippen LogP contribution in [0.5, 0.6) is 0 Å². The first-order chi connectivity index (χ1) is 9.40. The topological polar surface area (TPSA) is 71.2 Å². The molecule has 1 amide bonds. The molecule has 0 unspecified atom stereocenters. The zero-order valence-corrected chi connectivity index (χ0v) is 13.1. The maximum atomic E-state index is 11.9. The molecule has 6 heteroatoms. The molecule has 0 aliphatic carbocycles. The number of aromatic nitrogens is 1. The number of hydrogen-bond donors (Lipinski definition) is 2. The van der Waals surface area contributed by atoms with Crippen LogP contribution in [-0.4, -0.2) is 42.0 Å². The molecule has 0 fully saturated rings. The van der Waals surface area contributed by atoms with E-state index < -0.39 is 0 Å². The summed E-state index contributed by atoms with van der Waals surface area (Å²) in [5.41, 5.74) is 6.00. The van der Waals surface area contributed by atoms with Crippen molar-refractivity contribution in [1.82, 2.24) is 15.2 Å². The van der Waals surface area contributed by atoms with Crippen LogP contribution < -0.4 is 11.1 Å². The fourth-order valence-electron chi connectivity index (χ4n) is 1.70. The first kappa shape index (κ1) is 16.7. The summed E-state index contributed by atoms with van der Waals surface area (Å²) in [6.07, 6.45) is 1.99. The fourth-order valence-corrected chi connectivity index (χ4v) is 1.91. The number of carbonyl (C=O) groups excluding carboxylic acids is 1. The van der Waals surface area contributed by atoms with Gasteiger partial charge >= 0.3 is 0 Å². The third-order valence-electron chi connectivity index (χ3n) is 3.18. The van der Waals surface area contributed by atoms with E-state index in [4.69, 9.17) is 17.3 Å². The number of nitrogens with two attached hydrogens (primary N) is 1. The van der Waals surface area contributed by atoms with Crippen LogP contribution in [0.3, 0.4) is 0 Å². The van der Waals surface area contributed by atoms with Crippen molar-refractivity contribution in [3.05, 3.63) is 22.8 Å². The van der Waals surface area contributed by atoms with Crippen molar-refractivity contribution in [2.24, 2.45) is 0 Å². The third-order valence-corrected chi connectivity index (χ3v) is 3.37. The predicted octanol–water partition coefficient (Wildman–Crippen LogP) is 2.17. The predicted molar refractivity (Wildman–Crippen MR) is 83.0 cm³/mol. The number of carbonyl (C=O) groups is 1. The van der Waals surface area contributed by atoms with Crippen LogP contribution in [0.1, 0.15) is 37.0 Å². The summed E-state index contributed by atoms with van der Waals surface area (Å²) in [5.74, 6) is 0.0828. The van der Waals surface area contributed by atoms with E-state index in [1.807, 2.05) is 0 Å². The Morgan fingerprint density at radius 3 is 2.75 bits per heavy atom. The summed E-state index contributed by atoms with van der Waals surface area (Å²) < 4.78 is 0. The molecule has 1 aromatic heterocycles. The van der Waals surface area contributed by atoms with Gasteiger partial charge in [-0.1, -0.05) is 11.6 Å². The van der Waals surface area contributed by atoms with Gasteiger partial charge in [0.25, 0.3) is 5.91 Å². The van der Waals surface area contributed by atoms with Crippen LogP contribution >= 0.6 is 11.6 Å². The van der Waals surface area contributed by atoms with E-state index >= 15 is 0 Å². The average Bonchev–Trinajstić information content (AvgIpc) is 2.36. The lowest BCUT2D eigenvalue weighted by molar-refractivity contribution is 0.0952. The zero-order valence-electron chi connectivity index (χ0n) is 12.3. The molecule has 112 valence electrons. The highest BCUT2D eigenvalue weighted by Crippen LogP contribution is 2.11. The lowest BCUT2D eigenvalue weighted by Gasteiger charge is -2.20. The van der Waals surface area contributed by atoms with Gasteiger partial charge < -0.3 is 16.0 Å². The van der Waals surface area contributed by atoms with Gasteiger partial charge in [-0.05, 0) is 52.4 Å². The number of halogens is 1. The van der Waals surface area contributed by atoms with E-state index in [2.05, 4.69) is 36.1 Å². The molecule has 0 radical (unpaired) electrons. The number of hydrogen-bond acceptors (Lipinski definition) is 4.